The zero-order valence-electron chi connectivity index (χ0n) is 16.5. The largest absolute Gasteiger partial charge is 0.598 e. The van der Waals surface area contributed by atoms with Crippen molar-refractivity contribution in [1.82, 2.24) is 0 Å². The number of quaternary nitrogens is 2. The van der Waals surface area contributed by atoms with E-state index in [0.29, 0.717) is 15.6 Å². The molecule has 1 N–H and O–H groups in total. The molecular formula is C18H22BrF3N2O6. The van der Waals surface area contributed by atoms with Gasteiger partial charge < -0.3 is 24.8 Å². The van der Waals surface area contributed by atoms with Crippen molar-refractivity contribution in [2.24, 2.45) is 0 Å². The number of benzene rings is 1. The van der Waals surface area contributed by atoms with Crippen LogP contribution in [-0.2, 0) is 14.4 Å². The van der Waals surface area contributed by atoms with Gasteiger partial charge in [-0.1, -0.05) is 15.9 Å². The van der Waals surface area contributed by atoms with Gasteiger partial charge in [-0.25, -0.2) is 9.77 Å². The van der Waals surface area contributed by atoms with Gasteiger partial charge in [0.15, 0.2) is 6.61 Å². The van der Waals surface area contributed by atoms with E-state index in [1.807, 2.05) is 0 Å². The van der Waals surface area contributed by atoms with Crippen LogP contribution in [0, 0.1) is 17.3 Å². The maximum Gasteiger partial charge on any atom is 0.430 e. The highest BCUT2D eigenvalue weighted by molar-refractivity contribution is 9.10. The Morgan fingerprint density at radius 2 is 1.93 bits per heavy atom. The van der Waals surface area contributed by atoms with Gasteiger partial charge in [0.05, 0.1) is 19.7 Å². The maximum absolute atomic E-state index is 13.5. The summed E-state index contributed by atoms with van der Waals surface area (Å²) in [5.74, 6) is -1.07. The molecule has 1 heterocycles. The molecule has 0 amide bonds. The van der Waals surface area contributed by atoms with E-state index in [-0.39, 0.29) is 32.1 Å². The topological polar surface area (TPSA) is 95.3 Å². The summed E-state index contributed by atoms with van der Waals surface area (Å²) in [4.78, 5) is 15.5. The predicted molar refractivity (Wildman–Crippen MR) is 104 cm³/mol. The van der Waals surface area contributed by atoms with Crippen molar-refractivity contribution in [1.29, 1.82) is 0 Å². The van der Waals surface area contributed by atoms with Gasteiger partial charge in [-0.05, 0) is 30.7 Å². The number of hydroxylamine groups is 3. The molecule has 2 atom stereocenters. The second kappa shape index (κ2) is 9.62. The van der Waals surface area contributed by atoms with Crippen molar-refractivity contribution in [3.8, 4) is 5.75 Å². The quantitative estimate of drug-likeness (QED) is 0.334. The molecule has 0 aliphatic carbocycles. The minimum absolute atomic E-state index is 0.0587. The van der Waals surface area contributed by atoms with E-state index >= 15 is 0 Å². The van der Waals surface area contributed by atoms with Crippen LogP contribution in [-0.4, -0.2) is 63.6 Å². The van der Waals surface area contributed by atoms with E-state index in [0.717, 1.165) is 18.0 Å². The van der Waals surface area contributed by atoms with Crippen LogP contribution in [0.3, 0.4) is 0 Å². The number of fused-ring (bicyclic) bond motifs is 1. The molecule has 1 aromatic rings. The summed E-state index contributed by atoms with van der Waals surface area (Å²) in [6.45, 7) is 1.83. The third-order valence-electron chi connectivity index (χ3n) is 4.25. The summed E-state index contributed by atoms with van der Waals surface area (Å²) in [6, 6.07) is 3.17. The van der Waals surface area contributed by atoms with Crippen LogP contribution in [0.4, 0.5) is 13.2 Å². The molecule has 1 aliphatic heterocycles. The second-order valence-electron chi connectivity index (χ2n) is 6.98. The fourth-order valence-electron chi connectivity index (χ4n) is 2.77. The number of ether oxygens (including phenoxy) is 2. The molecule has 0 saturated carbocycles. The Kier molecular flexibility index (Phi) is 7.88. The van der Waals surface area contributed by atoms with Crippen molar-refractivity contribution in [3.05, 3.63) is 43.7 Å². The number of rotatable bonds is 8. The lowest BCUT2D eigenvalue weighted by Gasteiger charge is -2.38. The number of hydrogen-bond donors (Lipinski definition) is 1. The molecule has 8 nitrogen and oxygen atoms in total. The summed E-state index contributed by atoms with van der Waals surface area (Å²) in [5.41, 5.74) is 0.195. The number of halogens is 4. The Hall–Kier alpha value is -1.70. The third-order valence-corrected chi connectivity index (χ3v) is 4.70. The SMILES string of the molecule is Cc1cc(Br)cc2c1O[C@H](C(F)(F)F)C(C(=O)OCC[NH+](C)CCO[N+](C)([O-])[O-])=C2. The van der Waals surface area contributed by atoms with Gasteiger partial charge in [0.25, 0.3) is 0 Å². The molecule has 168 valence electrons. The molecule has 2 rings (SSSR count). The zero-order valence-corrected chi connectivity index (χ0v) is 18.1. The first-order chi connectivity index (χ1) is 13.8. The first-order valence-electron chi connectivity index (χ1n) is 8.94. The fraction of sp³-hybridized carbons (Fsp3) is 0.500. The lowest BCUT2D eigenvalue weighted by molar-refractivity contribution is -1.02. The standard InChI is InChI=1S/C18H21BrF3N2O6/c1-11-8-13(19)9-12-10-14(16(18(20,21)22)30-15(11)12)17(25)28-6-4-23(2)5-7-29-24(3,26)27/h8-10,16H,4-7H2,1-3H3/q-1/p+1/t16-/m0/s1. The van der Waals surface area contributed by atoms with Crippen LogP contribution in [0.1, 0.15) is 11.1 Å². The molecule has 0 radical (unpaired) electrons. The lowest BCUT2D eigenvalue weighted by Crippen LogP contribution is -3.10. The first-order valence-corrected chi connectivity index (χ1v) is 9.74. The maximum atomic E-state index is 13.5. The van der Waals surface area contributed by atoms with E-state index in [1.165, 1.54) is 0 Å². The molecule has 1 unspecified atom stereocenters. The van der Waals surface area contributed by atoms with Gasteiger partial charge in [-0.15, -0.1) is 0 Å². The Labute approximate surface area is 179 Å². The average Bonchev–Trinajstić information content (AvgIpc) is 2.58. The Morgan fingerprint density at radius 3 is 2.53 bits per heavy atom. The monoisotopic (exact) mass is 498 g/mol. The van der Waals surface area contributed by atoms with E-state index in [2.05, 4.69) is 20.8 Å². The van der Waals surface area contributed by atoms with Crippen LogP contribution < -0.4 is 9.64 Å². The summed E-state index contributed by atoms with van der Waals surface area (Å²) in [6.07, 6.45) is -6.11. The van der Waals surface area contributed by atoms with Crippen molar-refractivity contribution in [2.45, 2.75) is 19.2 Å². The van der Waals surface area contributed by atoms with Crippen LogP contribution in [0.15, 0.2) is 22.2 Å². The highest BCUT2D eigenvalue weighted by Crippen LogP contribution is 2.40. The smallest absolute Gasteiger partial charge is 0.430 e. The molecule has 1 aromatic carbocycles. The molecule has 12 heteroatoms. The number of hydrogen-bond acceptors (Lipinski definition) is 6. The minimum Gasteiger partial charge on any atom is -0.598 e. The van der Waals surface area contributed by atoms with E-state index in [4.69, 9.17) is 9.47 Å². The normalized spacial score (nSPS) is 17.6. The Bertz CT molecular complexity index is 810. The van der Waals surface area contributed by atoms with Crippen LogP contribution in [0.2, 0.25) is 0 Å². The zero-order chi connectivity index (χ0) is 22.7. The van der Waals surface area contributed by atoms with Crippen molar-refractivity contribution >= 4 is 28.0 Å². The Morgan fingerprint density at radius 1 is 1.30 bits per heavy atom. The van der Waals surface area contributed by atoms with E-state index < -0.39 is 28.8 Å². The molecule has 0 spiro atoms. The van der Waals surface area contributed by atoms with Gasteiger partial charge in [-0.3, -0.25) is 0 Å². The number of aryl methyl sites for hydroxylation is 1. The van der Waals surface area contributed by atoms with Crippen LogP contribution in [0.25, 0.3) is 6.08 Å². The number of likely N-dealkylation sites (N-methyl/N-ethyl adjacent to an activating group) is 1. The number of nitrogens with zero attached hydrogens (tertiary/aromatic N) is 1. The van der Waals surface area contributed by atoms with Gasteiger partial charge in [0.1, 0.15) is 25.4 Å². The third kappa shape index (κ3) is 6.93. The van der Waals surface area contributed by atoms with E-state index in [9.17, 15) is 28.4 Å². The van der Waals surface area contributed by atoms with Crippen molar-refractivity contribution in [3.63, 3.8) is 0 Å². The van der Waals surface area contributed by atoms with Crippen LogP contribution >= 0.6 is 15.9 Å². The molecule has 0 fully saturated rings. The summed E-state index contributed by atoms with van der Waals surface area (Å²) >= 11 is 3.27. The highest BCUT2D eigenvalue weighted by atomic mass is 79.9. The first kappa shape index (κ1) is 24.6. The Balaban J connectivity index is 2.04. The van der Waals surface area contributed by atoms with Gasteiger partial charge in [-0.2, -0.15) is 18.0 Å². The fourth-order valence-corrected chi connectivity index (χ4v) is 3.36. The molecular weight excluding hydrogens is 477 g/mol. The molecule has 1 aliphatic rings. The van der Waals surface area contributed by atoms with Crippen molar-refractivity contribution < 1.29 is 42.1 Å². The number of alkyl halides is 3. The summed E-state index contributed by atoms with van der Waals surface area (Å²) in [5, 5.41) is 21.5. The number of nitrogens with one attached hydrogen (secondary N) is 1. The highest BCUT2D eigenvalue weighted by Gasteiger charge is 2.49. The minimum atomic E-state index is -4.80. The average molecular weight is 499 g/mol. The van der Waals surface area contributed by atoms with Gasteiger partial charge in [0, 0.05) is 10.0 Å². The molecule has 0 saturated heterocycles. The molecule has 0 bridgehead atoms. The summed E-state index contributed by atoms with van der Waals surface area (Å²) < 4.78 is 51.2. The lowest BCUT2D eigenvalue weighted by atomic mass is 9.99. The summed E-state index contributed by atoms with van der Waals surface area (Å²) in [7, 11) is 2.47. The van der Waals surface area contributed by atoms with Gasteiger partial charge in [0.2, 0.25) is 6.10 Å². The van der Waals surface area contributed by atoms with Gasteiger partial charge >= 0.3 is 12.1 Å². The predicted octanol–water partition coefficient (Wildman–Crippen LogP) is 1.90. The second-order valence-corrected chi connectivity index (χ2v) is 7.89. The van der Waals surface area contributed by atoms with E-state index in [1.54, 1.807) is 26.1 Å². The number of carbonyl (C=O) groups excluding carboxylic acids is 1. The van der Waals surface area contributed by atoms with Crippen LogP contribution in [0.5, 0.6) is 5.75 Å². The number of carbonyl (C=O) groups is 1. The number of esters is 1. The molecule has 0 aromatic heterocycles. The van der Waals surface area contributed by atoms with Crippen molar-refractivity contribution in [2.75, 3.05) is 40.4 Å². The molecule has 30 heavy (non-hydrogen) atoms.